The molecule has 19 heteroatoms. The van der Waals surface area contributed by atoms with Gasteiger partial charge in [0.15, 0.2) is 12.2 Å². The lowest BCUT2D eigenvalue weighted by Gasteiger charge is -2.21. The predicted molar refractivity (Wildman–Crippen MR) is 441 cm³/mol. The minimum atomic E-state index is -4.97. The number of hydrogen-bond donors (Lipinski definition) is 3. The van der Waals surface area contributed by atoms with Gasteiger partial charge in [0.25, 0.3) is 0 Å². The molecule has 0 fully saturated rings. The first-order chi connectivity index (χ1) is 52.2. The molecule has 5 atom stereocenters. The van der Waals surface area contributed by atoms with Crippen LogP contribution in [0.2, 0.25) is 0 Å². The van der Waals surface area contributed by atoms with E-state index in [1.807, 2.05) is 0 Å². The second-order valence-electron chi connectivity index (χ2n) is 30.9. The number of phosphoric ester groups is 2. The Morgan fingerprint density at radius 1 is 0.262 bits per heavy atom. The van der Waals surface area contributed by atoms with E-state index in [0.29, 0.717) is 25.7 Å². The minimum absolute atomic E-state index is 0.0862. The largest absolute Gasteiger partial charge is 0.472 e. The Morgan fingerprint density at radius 2 is 0.449 bits per heavy atom. The summed E-state index contributed by atoms with van der Waals surface area (Å²) in [5.74, 6) is -2.13. The van der Waals surface area contributed by atoms with Crippen LogP contribution in [-0.4, -0.2) is 96.7 Å². The van der Waals surface area contributed by atoms with Gasteiger partial charge in [0, 0.05) is 25.7 Å². The van der Waals surface area contributed by atoms with Gasteiger partial charge in [-0.2, -0.15) is 0 Å². The highest BCUT2D eigenvalue weighted by Crippen LogP contribution is 2.45. The van der Waals surface area contributed by atoms with E-state index in [1.165, 1.54) is 276 Å². The third-order valence-corrected chi connectivity index (χ3v) is 22.1. The molecule has 0 aliphatic rings. The number of unbranched alkanes of at least 4 members (excludes halogenated alkanes) is 58. The van der Waals surface area contributed by atoms with Crippen molar-refractivity contribution in [1.29, 1.82) is 0 Å². The zero-order chi connectivity index (χ0) is 78.1. The molecule has 0 saturated carbocycles. The van der Waals surface area contributed by atoms with Gasteiger partial charge in [-0.1, -0.05) is 405 Å². The highest BCUT2D eigenvalue weighted by molar-refractivity contribution is 7.47. The molecule has 0 amide bonds. The molecular weight excluding hydrogens is 1390 g/mol. The van der Waals surface area contributed by atoms with Crippen molar-refractivity contribution in [1.82, 2.24) is 0 Å². The molecule has 2 unspecified atom stereocenters. The first kappa shape index (κ1) is 105. The molecule has 0 saturated heterocycles. The summed E-state index contributed by atoms with van der Waals surface area (Å²) in [6, 6.07) is 0. The molecule has 0 aliphatic heterocycles. The van der Waals surface area contributed by atoms with Gasteiger partial charge in [-0.25, -0.2) is 9.13 Å². The Morgan fingerprint density at radius 3 is 0.682 bits per heavy atom. The Labute approximate surface area is 656 Å². The number of allylic oxidation sites excluding steroid dienone is 4. The summed E-state index contributed by atoms with van der Waals surface area (Å²) in [6.45, 7) is 5.01. The maximum Gasteiger partial charge on any atom is 0.472 e. The molecule has 0 radical (unpaired) electrons. The van der Waals surface area contributed by atoms with Crippen molar-refractivity contribution in [2.24, 2.45) is 0 Å². The van der Waals surface area contributed by atoms with Crippen molar-refractivity contribution in [3.05, 3.63) is 24.3 Å². The molecule has 0 rings (SSSR count). The van der Waals surface area contributed by atoms with Crippen LogP contribution < -0.4 is 0 Å². The number of phosphoric acid groups is 2. The maximum atomic E-state index is 13.2. The molecule has 0 aromatic rings. The van der Waals surface area contributed by atoms with Crippen molar-refractivity contribution in [2.45, 2.75) is 476 Å². The third-order valence-electron chi connectivity index (χ3n) is 20.2. The fourth-order valence-electron chi connectivity index (χ4n) is 13.3. The van der Waals surface area contributed by atoms with Gasteiger partial charge in [0.2, 0.25) is 0 Å². The first-order valence-corrected chi connectivity index (χ1v) is 48.1. The van der Waals surface area contributed by atoms with Crippen LogP contribution in [0.5, 0.6) is 0 Å². The van der Waals surface area contributed by atoms with E-state index in [4.69, 9.17) is 37.0 Å². The summed E-state index contributed by atoms with van der Waals surface area (Å²) < 4.78 is 68.9. The summed E-state index contributed by atoms with van der Waals surface area (Å²) in [5.41, 5.74) is 0. The van der Waals surface area contributed by atoms with Crippen LogP contribution in [0.3, 0.4) is 0 Å². The third kappa shape index (κ3) is 81.4. The van der Waals surface area contributed by atoms with Gasteiger partial charge in [0.05, 0.1) is 26.4 Å². The summed E-state index contributed by atoms with van der Waals surface area (Å²) in [7, 11) is -9.94. The fraction of sp³-hybridized carbons (Fsp3) is 0.909. The van der Waals surface area contributed by atoms with Crippen molar-refractivity contribution in [3.63, 3.8) is 0 Å². The number of carbonyl (C=O) groups excluding carboxylic acids is 4. The second-order valence-corrected chi connectivity index (χ2v) is 33.9. The number of hydrogen-bond acceptors (Lipinski definition) is 15. The Balaban J connectivity index is 5.28. The zero-order valence-electron chi connectivity index (χ0n) is 69.6. The molecule has 0 aromatic heterocycles. The average Bonchev–Trinajstić information content (AvgIpc) is 0.901. The average molecular weight is 1560 g/mol. The summed E-state index contributed by atoms with van der Waals surface area (Å²) in [5, 5.41) is 10.7. The minimum Gasteiger partial charge on any atom is -0.462 e. The van der Waals surface area contributed by atoms with E-state index in [0.717, 1.165) is 103 Å². The van der Waals surface area contributed by atoms with Gasteiger partial charge in [-0.15, -0.1) is 0 Å². The number of aliphatic hydroxyl groups is 1. The van der Waals surface area contributed by atoms with Gasteiger partial charge in [0.1, 0.15) is 19.3 Å². The van der Waals surface area contributed by atoms with Crippen LogP contribution in [0.4, 0.5) is 0 Å². The number of esters is 4. The molecule has 0 bridgehead atoms. The summed E-state index contributed by atoms with van der Waals surface area (Å²) in [6.07, 6.45) is 79.9. The highest BCUT2D eigenvalue weighted by Gasteiger charge is 2.30. The van der Waals surface area contributed by atoms with Crippen LogP contribution in [0.25, 0.3) is 0 Å². The molecule has 0 aromatic carbocycles. The van der Waals surface area contributed by atoms with Crippen LogP contribution in [-0.2, 0) is 65.4 Å². The lowest BCUT2D eigenvalue weighted by atomic mass is 10.0. The Kier molecular flexibility index (Phi) is 79.7. The lowest BCUT2D eigenvalue weighted by molar-refractivity contribution is -0.161. The van der Waals surface area contributed by atoms with E-state index in [-0.39, 0.29) is 25.7 Å². The number of rotatable bonds is 87. The second kappa shape index (κ2) is 81.6. The van der Waals surface area contributed by atoms with Crippen LogP contribution in [0.1, 0.15) is 458 Å². The van der Waals surface area contributed by atoms with Gasteiger partial charge < -0.3 is 33.8 Å². The number of carbonyl (C=O) groups is 4. The summed E-state index contributed by atoms with van der Waals surface area (Å²) in [4.78, 5) is 73.3. The Bertz CT molecular complexity index is 2110. The molecule has 17 nitrogen and oxygen atoms in total. The summed E-state index contributed by atoms with van der Waals surface area (Å²) >= 11 is 0. The van der Waals surface area contributed by atoms with Crippen molar-refractivity contribution in [3.8, 4) is 0 Å². The van der Waals surface area contributed by atoms with E-state index >= 15 is 0 Å². The lowest BCUT2D eigenvalue weighted by Crippen LogP contribution is -2.30. The highest BCUT2D eigenvalue weighted by atomic mass is 31.2. The molecule has 632 valence electrons. The molecule has 0 spiro atoms. The molecular formula is C88H168O17P2. The van der Waals surface area contributed by atoms with E-state index < -0.39 is 97.5 Å². The topological polar surface area (TPSA) is 237 Å². The fourth-order valence-corrected chi connectivity index (χ4v) is 14.9. The van der Waals surface area contributed by atoms with E-state index in [9.17, 15) is 43.2 Å². The van der Waals surface area contributed by atoms with Crippen LogP contribution in [0.15, 0.2) is 24.3 Å². The number of ether oxygens (including phenoxy) is 4. The molecule has 3 N–H and O–H groups in total. The standard InChI is InChI=1S/C88H168O17P2/c1-5-9-13-17-21-25-29-33-36-38-40-42-44-47-51-55-59-63-67-71-75-88(93)105-84(79-99-86(91)73-69-65-61-57-53-49-46-43-41-39-37-34-30-26-22-18-14-10-6-2)81-103-107(96,97)101-77-82(89)76-100-106(94,95)102-80-83(78-98-85(90)72-68-64-60-56-52-48-32-28-24-20-16-12-8-4)104-87(92)74-70-66-62-58-54-50-45-35-31-27-23-19-15-11-7-3/h27,31,35,45,82-84,89H,5-26,28-30,32-34,36-44,46-81H2,1-4H3,(H,94,95)(H,96,97)/b31-27-,45-35-/t82-,83+,84+/m0/s1. The normalized spacial score (nSPS) is 13.8. The van der Waals surface area contributed by atoms with Crippen molar-refractivity contribution < 1.29 is 80.2 Å². The van der Waals surface area contributed by atoms with E-state index in [2.05, 4.69) is 52.0 Å². The van der Waals surface area contributed by atoms with Gasteiger partial charge in [-0.3, -0.25) is 37.3 Å². The maximum absolute atomic E-state index is 13.2. The number of aliphatic hydroxyl groups excluding tert-OH is 1. The van der Waals surface area contributed by atoms with Crippen LogP contribution in [0, 0.1) is 0 Å². The van der Waals surface area contributed by atoms with Gasteiger partial charge >= 0.3 is 39.5 Å². The van der Waals surface area contributed by atoms with Crippen molar-refractivity contribution in [2.75, 3.05) is 39.6 Å². The van der Waals surface area contributed by atoms with Crippen LogP contribution >= 0.6 is 15.6 Å². The monoisotopic (exact) mass is 1560 g/mol. The van der Waals surface area contributed by atoms with Gasteiger partial charge in [-0.05, 0) is 51.4 Å². The molecule has 0 aliphatic carbocycles. The Hall–Kier alpha value is -2.46. The first-order valence-electron chi connectivity index (χ1n) is 45.1. The SMILES string of the molecule is CCCCCC/C=C\C=C/CCCCCCCC(=O)O[C@H](COC(=O)CCCCCCCCCCCCCCC)COP(=O)(O)OC[C@H](O)COP(=O)(O)OC[C@@H](COC(=O)CCCCCCCCCCCCCCCCCCCCC)OC(=O)CCCCCCCCCCCCCCCCCCCCCC. The van der Waals surface area contributed by atoms with E-state index in [1.54, 1.807) is 0 Å². The molecule has 107 heavy (non-hydrogen) atoms. The smallest absolute Gasteiger partial charge is 0.462 e. The zero-order valence-corrected chi connectivity index (χ0v) is 71.4. The molecule has 0 heterocycles. The predicted octanol–water partition coefficient (Wildman–Crippen LogP) is 26.9. The quantitative estimate of drug-likeness (QED) is 0.0169. The van der Waals surface area contributed by atoms with Crippen molar-refractivity contribution >= 4 is 39.5 Å².